The Morgan fingerprint density at radius 3 is 2.26 bits per heavy atom. The first kappa shape index (κ1) is 19.0. The molecule has 2 rings (SSSR count). The van der Waals surface area contributed by atoms with Gasteiger partial charge in [0.2, 0.25) is 0 Å². The normalized spacial score (nSPS) is 10.6. The van der Waals surface area contributed by atoms with Crippen molar-refractivity contribution >= 4 is 18.6 Å². The second kappa shape index (κ2) is 8.01. The Bertz CT molecular complexity index is 687. The van der Waals surface area contributed by atoms with Gasteiger partial charge >= 0.3 is 12.1 Å². The van der Waals surface area contributed by atoms with E-state index in [0.717, 1.165) is 22.7 Å². The van der Waals surface area contributed by atoms with Crippen molar-refractivity contribution in [1.29, 1.82) is 0 Å². The number of carbonyl (C=O) groups excluding carboxylic acids is 1. The number of alkyl halides is 3. The number of nitrogens with zero attached hydrogens (tertiary/aromatic N) is 1. The zero-order chi connectivity index (χ0) is 17.6. The van der Waals surface area contributed by atoms with Gasteiger partial charge < -0.3 is 4.74 Å². The Morgan fingerprint density at radius 2 is 1.83 bits per heavy atom. The third kappa shape index (κ3) is 5.94. The molecule has 124 valence electrons. The van der Waals surface area contributed by atoms with Crippen LogP contribution in [0.25, 0.3) is 0 Å². The number of halogens is 3. The van der Waals surface area contributed by atoms with Gasteiger partial charge in [0, 0.05) is 4.90 Å². The number of esters is 1. The fraction of sp³-hybridized carbons (Fsp3) is 0.250. The minimum Gasteiger partial charge on any atom is -0.464 e. The Hall–Kier alpha value is -2.02. The zero-order valence-electron chi connectivity index (χ0n) is 12.8. The molecule has 3 nitrogen and oxygen atoms in total. The van der Waals surface area contributed by atoms with Gasteiger partial charge in [-0.15, -0.1) is 12.6 Å². The van der Waals surface area contributed by atoms with Crippen molar-refractivity contribution in [2.45, 2.75) is 24.9 Å². The van der Waals surface area contributed by atoms with Crippen LogP contribution in [0.5, 0.6) is 0 Å². The van der Waals surface area contributed by atoms with E-state index in [1.807, 2.05) is 0 Å². The molecule has 0 atom stereocenters. The zero-order valence-corrected chi connectivity index (χ0v) is 13.7. The lowest BCUT2D eigenvalue weighted by Crippen LogP contribution is -2.04. The van der Waals surface area contributed by atoms with E-state index in [-0.39, 0.29) is 0 Å². The van der Waals surface area contributed by atoms with Gasteiger partial charge in [-0.3, -0.25) is 0 Å². The second-order valence-corrected chi connectivity index (χ2v) is 5.14. The lowest BCUT2D eigenvalue weighted by molar-refractivity contribution is -0.137. The molecule has 0 N–H and O–H groups in total. The maximum Gasteiger partial charge on any atom is 0.416 e. The summed E-state index contributed by atoms with van der Waals surface area (Å²) in [4.78, 5) is 15.7. The van der Waals surface area contributed by atoms with Crippen molar-refractivity contribution in [2.24, 2.45) is 0 Å². The summed E-state index contributed by atoms with van der Waals surface area (Å²) in [5.41, 5.74) is 1.08. The summed E-state index contributed by atoms with van der Waals surface area (Å²) >= 11 is 4.13. The molecule has 23 heavy (non-hydrogen) atoms. The fourth-order valence-corrected chi connectivity index (χ4v) is 1.72. The summed E-state index contributed by atoms with van der Waals surface area (Å²) in [5, 5.41) is 0. The molecule has 0 aliphatic rings. The van der Waals surface area contributed by atoms with Crippen LogP contribution in [0.3, 0.4) is 0 Å². The number of methoxy groups -OCH3 is 1. The molecule has 0 aliphatic carbocycles. The van der Waals surface area contributed by atoms with Crippen molar-refractivity contribution in [2.75, 3.05) is 7.11 Å². The number of thiol groups is 1. The molecule has 1 aromatic carbocycles. The number of aryl methyl sites for hydroxylation is 2. The molecule has 2 aromatic rings. The van der Waals surface area contributed by atoms with Gasteiger partial charge in [0.25, 0.3) is 0 Å². The lowest BCUT2D eigenvalue weighted by atomic mass is 10.1. The van der Waals surface area contributed by atoms with E-state index in [1.54, 1.807) is 32.0 Å². The van der Waals surface area contributed by atoms with Gasteiger partial charge in [-0.1, -0.05) is 23.8 Å². The van der Waals surface area contributed by atoms with Crippen LogP contribution in [0.15, 0.2) is 41.3 Å². The van der Waals surface area contributed by atoms with Gasteiger partial charge in [0.05, 0.1) is 18.4 Å². The van der Waals surface area contributed by atoms with E-state index in [4.69, 9.17) is 0 Å². The van der Waals surface area contributed by atoms with Gasteiger partial charge in [0.1, 0.15) is 5.69 Å². The standard InChI is InChI=1S/C8H7F3.C8H9NO2S/c1-6-3-2-4-7(5-6)8(9,10)11;1-5-7(12)4-3-6(9-5)8(10)11-2/h2-5H,1H3;3-4,12H,1-2H3. The third-order valence-corrected chi connectivity index (χ3v) is 3.27. The molecule has 0 spiro atoms. The quantitative estimate of drug-likeness (QED) is 0.613. The number of hydrogen-bond acceptors (Lipinski definition) is 4. The predicted molar refractivity (Wildman–Crippen MR) is 83.7 cm³/mol. The molecule has 0 fully saturated rings. The molecule has 0 saturated carbocycles. The third-order valence-electron chi connectivity index (χ3n) is 2.80. The maximum atomic E-state index is 12.0. The van der Waals surface area contributed by atoms with E-state index < -0.39 is 17.7 Å². The van der Waals surface area contributed by atoms with Crippen LogP contribution in [0.4, 0.5) is 13.2 Å². The average Bonchev–Trinajstić information content (AvgIpc) is 2.49. The number of pyridine rings is 1. The van der Waals surface area contributed by atoms with Crippen LogP contribution < -0.4 is 0 Å². The van der Waals surface area contributed by atoms with Crippen LogP contribution in [-0.4, -0.2) is 18.1 Å². The number of benzene rings is 1. The van der Waals surface area contributed by atoms with Gasteiger partial charge in [-0.25, -0.2) is 9.78 Å². The van der Waals surface area contributed by atoms with Gasteiger partial charge in [-0.2, -0.15) is 13.2 Å². The van der Waals surface area contributed by atoms with Gasteiger partial charge in [0.15, 0.2) is 0 Å². The molecule has 1 heterocycles. The topological polar surface area (TPSA) is 39.2 Å². The summed E-state index contributed by atoms with van der Waals surface area (Å²) in [6.45, 7) is 3.42. The highest BCUT2D eigenvalue weighted by Gasteiger charge is 2.29. The van der Waals surface area contributed by atoms with Crippen LogP contribution in [0.2, 0.25) is 0 Å². The van der Waals surface area contributed by atoms with Crippen molar-refractivity contribution in [3.8, 4) is 0 Å². The van der Waals surface area contributed by atoms with Crippen LogP contribution in [-0.2, 0) is 10.9 Å². The number of aromatic nitrogens is 1. The highest BCUT2D eigenvalue weighted by atomic mass is 32.1. The molecule has 0 saturated heterocycles. The smallest absolute Gasteiger partial charge is 0.416 e. The van der Waals surface area contributed by atoms with E-state index in [1.165, 1.54) is 13.2 Å². The molecule has 0 radical (unpaired) electrons. The lowest BCUT2D eigenvalue weighted by Gasteiger charge is -2.05. The van der Waals surface area contributed by atoms with Crippen molar-refractivity contribution in [3.63, 3.8) is 0 Å². The van der Waals surface area contributed by atoms with E-state index >= 15 is 0 Å². The van der Waals surface area contributed by atoms with Crippen LogP contribution >= 0.6 is 12.6 Å². The Kier molecular flexibility index (Phi) is 6.62. The first-order valence-corrected chi connectivity index (χ1v) is 6.98. The highest BCUT2D eigenvalue weighted by molar-refractivity contribution is 7.80. The highest BCUT2D eigenvalue weighted by Crippen LogP contribution is 2.29. The molecular formula is C16H16F3NO2S. The molecule has 7 heteroatoms. The number of rotatable bonds is 1. The minimum absolute atomic E-state index is 0.313. The van der Waals surface area contributed by atoms with Crippen molar-refractivity contribution < 1.29 is 22.7 Å². The van der Waals surface area contributed by atoms with Crippen LogP contribution in [0.1, 0.15) is 27.3 Å². The number of carbonyl (C=O) groups is 1. The van der Waals surface area contributed by atoms with E-state index in [0.29, 0.717) is 11.3 Å². The fourth-order valence-electron chi connectivity index (χ4n) is 1.59. The average molecular weight is 343 g/mol. The Labute approximate surface area is 137 Å². The summed E-state index contributed by atoms with van der Waals surface area (Å²) in [7, 11) is 1.33. The van der Waals surface area contributed by atoms with Gasteiger partial charge in [-0.05, 0) is 32.0 Å². The summed E-state index contributed by atoms with van der Waals surface area (Å²) in [5.74, 6) is -0.425. The second-order valence-electron chi connectivity index (χ2n) is 4.66. The van der Waals surface area contributed by atoms with Crippen molar-refractivity contribution in [3.05, 3.63) is 58.9 Å². The SMILES string of the molecule is COC(=O)c1ccc(S)c(C)n1.Cc1cccc(C(F)(F)F)c1. The van der Waals surface area contributed by atoms with E-state index in [9.17, 15) is 18.0 Å². The molecule has 1 aromatic heterocycles. The predicted octanol–water partition coefficient (Wildman–Crippen LogP) is 4.48. The summed E-state index contributed by atoms with van der Waals surface area (Å²) in [6, 6.07) is 8.53. The monoisotopic (exact) mass is 343 g/mol. The number of hydrogen-bond donors (Lipinski definition) is 1. The Morgan fingerprint density at radius 1 is 1.17 bits per heavy atom. The maximum absolute atomic E-state index is 12.0. The Balaban J connectivity index is 0.000000231. The van der Waals surface area contributed by atoms with Crippen molar-refractivity contribution in [1.82, 2.24) is 4.98 Å². The summed E-state index contributed by atoms with van der Waals surface area (Å²) < 4.78 is 40.4. The largest absolute Gasteiger partial charge is 0.464 e. The molecule has 0 unspecified atom stereocenters. The first-order chi connectivity index (χ1) is 10.6. The molecular weight excluding hydrogens is 327 g/mol. The number of ether oxygens (including phenoxy) is 1. The van der Waals surface area contributed by atoms with E-state index in [2.05, 4.69) is 22.3 Å². The molecule has 0 amide bonds. The minimum atomic E-state index is -4.22. The molecule has 0 aliphatic heterocycles. The van der Waals surface area contributed by atoms with Crippen LogP contribution in [0, 0.1) is 13.8 Å². The molecule has 0 bridgehead atoms. The first-order valence-electron chi connectivity index (χ1n) is 6.54. The summed E-state index contributed by atoms with van der Waals surface area (Å²) in [6.07, 6.45) is -4.22.